The zero-order chi connectivity index (χ0) is 14.0. The molecule has 2 aliphatic heterocycles. The monoisotopic (exact) mass is 289 g/mol. The summed E-state index contributed by atoms with van der Waals surface area (Å²) in [5, 5.41) is 3.57. The minimum Gasteiger partial charge on any atom is -0.311 e. The maximum absolute atomic E-state index is 12.7. The van der Waals surface area contributed by atoms with Gasteiger partial charge in [-0.25, -0.2) is 0 Å². The summed E-state index contributed by atoms with van der Waals surface area (Å²) in [7, 11) is -3.29. The highest BCUT2D eigenvalue weighted by atomic mass is 32.2. The Balaban J connectivity index is 2.15. The van der Waals surface area contributed by atoms with Gasteiger partial charge in [-0.15, -0.1) is 0 Å². The molecule has 2 saturated heterocycles. The highest BCUT2D eigenvalue weighted by Crippen LogP contribution is 2.31. The SMILES string of the molecule is CCN(CC)S(=O)(=O)N(CC)C1CC2CCC(C1)N2. The van der Waals surface area contributed by atoms with Crippen LogP contribution in [0.5, 0.6) is 0 Å². The van der Waals surface area contributed by atoms with Gasteiger partial charge in [-0.2, -0.15) is 17.0 Å². The number of hydrogen-bond donors (Lipinski definition) is 1. The van der Waals surface area contributed by atoms with Crippen molar-refractivity contribution >= 4 is 10.2 Å². The molecule has 2 heterocycles. The fourth-order valence-electron chi connectivity index (χ4n) is 3.57. The van der Waals surface area contributed by atoms with Crippen molar-refractivity contribution in [2.24, 2.45) is 0 Å². The first kappa shape index (κ1) is 15.2. The standard InChI is InChI=1S/C13H27N3O2S/c1-4-15(5-2)19(17,18)16(6-3)13-9-11-7-8-12(10-13)14-11/h11-14H,4-10H2,1-3H3. The van der Waals surface area contributed by atoms with E-state index in [0.29, 0.717) is 31.7 Å². The Hall–Kier alpha value is -0.170. The average molecular weight is 289 g/mol. The van der Waals surface area contributed by atoms with E-state index in [-0.39, 0.29) is 6.04 Å². The predicted octanol–water partition coefficient (Wildman–Crippen LogP) is 1.18. The molecular formula is C13H27N3O2S. The smallest absolute Gasteiger partial charge is 0.282 e. The van der Waals surface area contributed by atoms with E-state index in [1.807, 2.05) is 20.8 Å². The molecule has 2 atom stereocenters. The predicted molar refractivity (Wildman–Crippen MR) is 77.2 cm³/mol. The van der Waals surface area contributed by atoms with Crippen molar-refractivity contribution in [2.45, 2.75) is 64.6 Å². The van der Waals surface area contributed by atoms with Crippen molar-refractivity contribution in [3.05, 3.63) is 0 Å². The molecule has 1 N–H and O–H groups in total. The number of piperidine rings is 1. The zero-order valence-electron chi connectivity index (χ0n) is 12.3. The first-order valence-corrected chi connectivity index (χ1v) is 8.95. The maximum atomic E-state index is 12.7. The zero-order valence-corrected chi connectivity index (χ0v) is 13.1. The molecule has 0 aromatic rings. The summed E-state index contributed by atoms with van der Waals surface area (Å²) in [5.41, 5.74) is 0. The number of rotatable bonds is 6. The van der Waals surface area contributed by atoms with Crippen LogP contribution in [-0.2, 0) is 10.2 Å². The molecule has 0 amide bonds. The highest BCUT2D eigenvalue weighted by molar-refractivity contribution is 7.86. The van der Waals surface area contributed by atoms with Crippen LogP contribution < -0.4 is 5.32 Å². The quantitative estimate of drug-likeness (QED) is 0.799. The van der Waals surface area contributed by atoms with Crippen LogP contribution >= 0.6 is 0 Å². The van der Waals surface area contributed by atoms with Gasteiger partial charge in [0.25, 0.3) is 10.2 Å². The lowest BCUT2D eigenvalue weighted by Gasteiger charge is -2.38. The third-order valence-corrected chi connectivity index (χ3v) is 6.81. The van der Waals surface area contributed by atoms with Crippen molar-refractivity contribution in [2.75, 3.05) is 19.6 Å². The van der Waals surface area contributed by atoms with E-state index >= 15 is 0 Å². The minimum absolute atomic E-state index is 0.175. The van der Waals surface area contributed by atoms with Gasteiger partial charge in [-0.1, -0.05) is 20.8 Å². The number of hydrogen-bond acceptors (Lipinski definition) is 3. The molecule has 19 heavy (non-hydrogen) atoms. The normalized spacial score (nSPS) is 31.3. The van der Waals surface area contributed by atoms with Gasteiger partial charge < -0.3 is 5.32 Å². The van der Waals surface area contributed by atoms with Crippen LogP contribution in [0.3, 0.4) is 0 Å². The number of fused-ring (bicyclic) bond motifs is 2. The molecule has 112 valence electrons. The molecule has 2 fully saturated rings. The van der Waals surface area contributed by atoms with Gasteiger partial charge in [-0.05, 0) is 25.7 Å². The Morgan fingerprint density at radius 1 is 1.00 bits per heavy atom. The number of nitrogens with one attached hydrogen (secondary N) is 1. The molecule has 0 aromatic carbocycles. The van der Waals surface area contributed by atoms with Crippen LogP contribution in [0.15, 0.2) is 0 Å². The van der Waals surface area contributed by atoms with E-state index in [0.717, 1.165) is 12.8 Å². The van der Waals surface area contributed by atoms with Gasteiger partial charge in [0.2, 0.25) is 0 Å². The second-order valence-electron chi connectivity index (χ2n) is 5.56. The van der Waals surface area contributed by atoms with E-state index in [1.54, 1.807) is 8.61 Å². The molecule has 5 nitrogen and oxygen atoms in total. The third-order valence-electron chi connectivity index (χ3n) is 4.50. The van der Waals surface area contributed by atoms with Gasteiger partial charge in [0.1, 0.15) is 0 Å². The third kappa shape index (κ3) is 2.96. The van der Waals surface area contributed by atoms with E-state index in [9.17, 15) is 8.42 Å². The van der Waals surface area contributed by atoms with E-state index in [4.69, 9.17) is 0 Å². The summed E-state index contributed by atoms with van der Waals surface area (Å²) in [6.07, 6.45) is 4.32. The summed E-state index contributed by atoms with van der Waals surface area (Å²) in [6.45, 7) is 7.43. The van der Waals surface area contributed by atoms with Crippen LogP contribution in [-0.4, -0.2) is 54.8 Å². The van der Waals surface area contributed by atoms with Crippen LogP contribution in [0.2, 0.25) is 0 Å². The summed E-state index contributed by atoms with van der Waals surface area (Å²) in [6, 6.07) is 1.21. The minimum atomic E-state index is -3.29. The molecule has 0 aliphatic carbocycles. The molecule has 0 aromatic heterocycles. The van der Waals surface area contributed by atoms with Crippen LogP contribution in [0, 0.1) is 0 Å². The van der Waals surface area contributed by atoms with E-state index in [2.05, 4.69) is 5.32 Å². The fraction of sp³-hybridized carbons (Fsp3) is 1.00. The number of nitrogens with zero attached hydrogens (tertiary/aromatic N) is 2. The molecule has 0 radical (unpaired) electrons. The Morgan fingerprint density at radius 3 is 1.95 bits per heavy atom. The maximum Gasteiger partial charge on any atom is 0.282 e. The van der Waals surface area contributed by atoms with Crippen molar-refractivity contribution in [3.8, 4) is 0 Å². The molecule has 0 saturated carbocycles. The van der Waals surface area contributed by atoms with Crippen LogP contribution in [0.4, 0.5) is 0 Å². The van der Waals surface area contributed by atoms with Gasteiger partial charge in [0.15, 0.2) is 0 Å². The fourth-order valence-corrected chi connectivity index (χ4v) is 5.39. The molecular weight excluding hydrogens is 262 g/mol. The summed E-state index contributed by atoms with van der Waals surface area (Å²) >= 11 is 0. The summed E-state index contributed by atoms with van der Waals surface area (Å²) < 4.78 is 28.7. The molecule has 0 spiro atoms. The largest absolute Gasteiger partial charge is 0.311 e. The van der Waals surface area contributed by atoms with Crippen LogP contribution in [0.1, 0.15) is 46.5 Å². The van der Waals surface area contributed by atoms with E-state index in [1.165, 1.54) is 12.8 Å². The van der Waals surface area contributed by atoms with Gasteiger partial charge in [0, 0.05) is 37.8 Å². The first-order chi connectivity index (χ1) is 9.02. The topological polar surface area (TPSA) is 52.7 Å². The average Bonchev–Trinajstić information content (AvgIpc) is 2.70. The Kier molecular flexibility index (Phi) is 4.87. The van der Waals surface area contributed by atoms with Crippen LogP contribution in [0.25, 0.3) is 0 Å². The molecule has 2 bridgehead atoms. The Bertz CT molecular complexity index is 383. The lowest BCUT2D eigenvalue weighted by molar-refractivity contribution is 0.219. The molecule has 6 heteroatoms. The molecule has 2 rings (SSSR count). The Labute approximate surface area is 117 Å². The van der Waals surface area contributed by atoms with Crippen molar-refractivity contribution in [1.82, 2.24) is 13.9 Å². The lowest BCUT2D eigenvalue weighted by Crippen LogP contribution is -2.53. The molecule has 2 aliphatic rings. The van der Waals surface area contributed by atoms with Gasteiger partial charge >= 0.3 is 0 Å². The second kappa shape index (κ2) is 6.08. The highest BCUT2D eigenvalue weighted by Gasteiger charge is 2.40. The summed E-state index contributed by atoms with van der Waals surface area (Å²) in [4.78, 5) is 0. The van der Waals surface area contributed by atoms with Gasteiger partial charge in [-0.3, -0.25) is 0 Å². The summed E-state index contributed by atoms with van der Waals surface area (Å²) in [5.74, 6) is 0. The van der Waals surface area contributed by atoms with Crippen molar-refractivity contribution in [1.29, 1.82) is 0 Å². The van der Waals surface area contributed by atoms with Crippen molar-refractivity contribution in [3.63, 3.8) is 0 Å². The van der Waals surface area contributed by atoms with Gasteiger partial charge in [0.05, 0.1) is 0 Å². The van der Waals surface area contributed by atoms with Crippen molar-refractivity contribution < 1.29 is 8.42 Å². The second-order valence-corrected chi connectivity index (χ2v) is 7.44. The van der Waals surface area contributed by atoms with E-state index < -0.39 is 10.2 Å². The molecule has 2 unspecified atom stereocenters. The Morgan fingerprint density at radius 2 is 1.53 bits per heavy atom. The first-order valence-electron chi connectivity index (χ1n) is 7.55. The lowest BCUT2D eigenvalue weighted by atomic mass is 10.00.